The van der Waals surface area contributed by atoms with Gasteiger partial charge >= 0.3 is 12.1 Å². The average Bonchev–Trinajstić information content (AvgIpc) is 3.27. The number of rotatable bonds is 6. The molecule has 1 aromatic heterocycles. The Hall–Kier alpha value is -2.88. The molecule has 2 aromatic rings. The highest BCUT2D eigenvalue weighted by Crippen LogP contribution is 2.30. The Morgan fingerprint density at radius 2 is 1.88 bits per heavy atom. The van der Waals surface area contributed by atoms with Gasteiger partial charge in [0.1, 0.15) is 11.4 Å². The van der Waals surface area contributed by atoms with Crippen molar-refractivity contribution in [2.75, 3.05) is 0 Å². The van der Waals surface area contributed by atoms with E-state index in [1.165, 1.54) is 12.1 Å². The molecule has 0 spiro atoms. The van der Waals surface area contributed by atoms with E-state index in [1.54, 1.807) is 39.8 Å². The van der Waals surface area contributed by atoms with Crippen LogP contribution < -0.4 is 5.32 Å². The minimum absolute atomic E-state index is 0.135. The second-order valence-electron chi connectivity index (χ2n) is 8.99. The molecule has 0 radical (unpaired) electrons. The van der Waals surface area contributed by atoms with Gasteiger partial charge in [0.2, 0.25) is 5.89 Å². The molecular formula is C22H28N2O7S. The van der Waals surface area contributed by atoms with E-state index < -0.39 is 32.8 Å². The van der Waals surface area contributed by atoms with Crippen LogP contribution in [-0.4, -0.2) is 47.5 Å². The first-order chi connectivity index (χ1) is 14.8. The summed E-state index contributed by atoms with van der Waals surface area (Å²) in [6.07, 6.45) is 0.777. The van der Waals surface area contributed by atoms with Crippen molar-refractivity contribution in [3.05, 3.63) is 41.3 Å². The molecule has 10 heteroatoms. The quantitative estimate of drug-likeness (QED) is 0.660. The minimum atomic E-state index is -3.52. The molecule has 0 aliphatic heterocycles. The maximum atomic E-state index is 13.0. The van der Waals surface area contributed by atoms with Crippen molar-refractivity contribution >= 4 is 21.9 Å². The van der Waals surface area contributed by atoms with Crippen molar-refractivity contribution in [2.45, 2.75) is 69.6 Å². The van der Waals surface area contributed by atoms with Gasteiger partial charge in [0.15, 0.2) is 9.84 Å². The molecule has 32 heavy (non-hydrogen) atoms. The lowest BCUT2D eigenvalue weighted by molar-refractivity contribution is 0.0505. The van der Waals surface area contributed by atoms with Crippen LogP contribution in [0.4, 0.5) is 4.79 Å². The third kappa shape index (κ3) is 5.87. The molecule has 1 saturated carbocycles. The molecule has 1 amide bonds. The van der Waals surface area contributed by atoms with Gasteiger partial charge in [0.25, 0.3) is 0 Å². The lowest BCUT2D eigenvalue weighted by atomic mass is 10.1. The van der Waals surface area contributed by atoms with Crippen LogP contribution in [0.25, 0.3) is 11.5 Å². The van der Waals surface area contributed by atoms with Crippen LogP contribution in [0.3, 0.4) is 0 Å². The zero-order valence-electron chi connectivity index (χ0n) is 18.5. The van der Waals surface area contributed by atoms with E-state index in [-0.39, 0.29) is 23.2 Å². The van der Waals surface area contributed by atoms with Crippen molar-refractivity contribution in [3.63, 3.8) is 0 Å². The molecule has 9 nitrogen and oxygen atoms in total. The van der Waals surface area contributed by atoms with Gasteiger partial charge in [-0.2, -0.15) is 0 Å². The fraction of sp³-hybridized carbons (Fsp3) is 0.500. The van der Waals surface area contributed by atoms with Gasteiger partial charge in [-0.15, -0.1) is 0 Å². The summed E-state index contributed by atoms with van der Waals surface area (Å²) in [6.45, 7) is 6.95. The fourth-order valence-corrected chi connectivity index (χ4v) is 5.53. The number of carbonyl (C=O) groups excluding carboxylic acids is 1. The standard InChI is InChI=1S/C22H28N2O7S/c1-13-18(24-19(30-13)14-5-7-15(8-6-14)20(25)26)12-32(28,29)17-10-9-16(11-17)23-21(27)31-22(2,3)4/h5-8,16-17H,9-12H2,1-4H3,(H,23,27)(H,25,26)/t16-,17-/m0/s1. The number of aryl methyl sites for hydroxylation is 1. The number of amides is 1. The third-order valence-electron chi connectivity index (χ3n) is 5.22. The molecule has 2 N–H and O–H groups in total. The number of benzene rings is 1. The Morgan fingerprint density at radius 3 is 2.47 bits per heavy atom. The summed E-state index contributed by atoms with van der Waals surface area (Å²) in [5, 5.41) is 11.2. The van der Waals surface area contributed by atoms with Crippen molar-refractivity contribution in [1.82, 2.24) is 10.3 Å². The van der Waals surface area contributed by atoms with Crippen LogP contribution in [0.5, 0.6) is 0 Å². The molecule has 0 saturated heterocycles. The maximum Gasteiger partial charge on any atom is 0.407 e. The number of carboxylic acid groups (broad SMARTS) is 1. The number of sulfone groups is 1. The number of alkyl carbamates (subject to hydrolysis) is 1. The van der Waals surface area contributed by atoms with E-state index in [1.807, 2.05) is 0 Å². The van der Waals surface area contributed by atoms with Crippen LogP contribution in [-0.2, 0) is 20.3 Å². The van der Waals surface area contributed by atoms with Gasteiger partial charge in [-0.25, -0.2) is 23.0 Å². The summed E-state index contributed by atoms with van der Waals surface area (Å²) in [4.78, 5) is 27.3. The fourth-order valence-electron chi connectivity index (χ4n) is 3.62. The van der Waals surface area contributed by atoms with Crippen LogP contribution in [0, 0.1) is 6.92 Å². The highest BCUT2D eigenvalue weighted by atomic mass is 32.2. The van der Waals surface area contributed by atoms with E-state index in [0.29, 0.717) is 36.3 Å². The zero-order chi connectivity index (χ0) is 23.7. The van der Waals surface area contributed by atoms with Crippen LogP contribution in [0.1, 0.15) is 61.8 Å². The lowest BCUT2D eigenvalue weighted by Gasteiger charge is -2.21. The first kappa shape index (κ1) is 23.8. The number of nitrogens with zero attached hydrogens (tertiary/aromatic N) is 1. The Balaban J connectivity index is 1.65. The first-order valence-corrected chi connectivity index (χ1v) is 12.1. The Bertz CT molecular complexity index is 1100. The molecule has 1 aliphatic rings. The molecule has 1 fully saturated rings. The SMILES string of the molecule is Cc1oc(-c2ccc(C(=O)O)cc2)nc1CS(=O)(=O)[C@H]1CC[C@H](NC(=O)OC(C)(C)C)C1. The minimum Gasteiger partial charge on any atom is -0.478 e. The molecule has 1 aromatic carbocycles. The van der Waals surface area contributed by atoms with Crippen molar-refractivity contribution < 1.29 is 32.3 Å². The van der Waals surface area contributed by atoms with Gasteiger partial charge in [0, 0.05) is 11.6 Å². The summed E-state index contributed by atoms with van der Waals surface area (Å²) < 4.78 is 36.9. The number of ether oxygens (including phenoxy) is 1. The summed E-state index contributed by atoms with van der Waals surface area (Å²) in [6, 6.07) is 5.74. The highest BCUT2D eigenvalue weighted by molar-refractivity contribution is 7.91. The molecule has 0 bridgehead atoms. The van der Waals surface area contributed by atoms with Crippen molar-refractivity contribution in [3.8, 4) is 11.5 Å². The number of aromatic carboxylic acids is 1. The molecule has 174 valence electrons. The Kier molecular flexibility index (Phi) is 6.64. The molecule has 3 rings (SSSR count). The van der Waals surface area contributed by atoms with E-state index in [9.17, 15) is 18.0 Å². The number of oxazole rings is 1. The molecule has 0 unspecified atom stereocenters. The lowest BCUT2D eigenvalue weighted by Crippen LogP contribution is -2.38. The predicted octanol–water partition coefficient (Wildman–Crippen LogP) is 3.71. The average molecular weight is 465 g/mol. The normalized spacial score (nSPS) is 19.0. The highest BCUT2D eigenvalue weighted by Gasteiger charge is 2.36. The number of carboxylic acids is 1. The third-order valence-corrected chi connectivity index (χ3v) is 7.34. The number of aromatic nitrogens is 1. The molecule has 2 atom stereocenters. The smallest absolute Gasteiger partial charge is 0.407 e. The van der Waals surface area contributed by atoms with Crippen LogP contribution >= 0.6 is 0 Å². The molecule has 1 aliphatic carbocycles. The predicted molar refractivity (Wildman–Crippen MR) is 117 cm³/mol. The van der Waals surface area contributed by atoms with Crippen molar-refractivity contribution in [1.29, 1.82) is 0 Å². The van der Waals surface area contributed by atoms with Crippen molar-refractivity contribution in [2.24, 2.45) is 0 Å². The molecule has 1 heterocycles. The Morgan fingerprint density at radius 1 is 1.22 bits per heavy atom. The largest absolute Gasteiger partial charge is 0.478 e. The number of carbonyl (C=O) groups is 2. The van der Waals surface area contributed by atoms with E-state index in [0.717, 1.165) is 0 Å². The topological polar surface area (TPSA) is 136 Å². The van der Waals surface area contributed by atoms with Crippen LogP contribution in [0.2, 0.25) is 0 Å². The maximum absolute atomic E-state index is 13.0. The zero-order valence-corrected chi connectivity index (χ0v) is 19.4. The van der Waals surface area contributed by atoms with E-state index in [4.69, 9.17) is 14.3 Å². The number of hydrogen-bond donors (Lipinski definition) is 2. The van der Waals surface area contributed by atoms with Gasteiger partial charge in [0.05, 0.1) is 22.3 Å². The van der Waals surface area contributed by atoms with E-state index >= 15 is 0 Å². The number of hydrogen-bond acceptors (Lipinski definition) is 7. The van der Waals surface area contributed by atoms with Gasteiger partial charge in [-0.05, 0) is 71.2 Å². The van der Waals surface area contributed by atoms with Gasteiger partial charge < -0.3 is 19.6 Å². The monoisotopic (exact) mass is 464 g/mol. The second-order valence-corrected chi connectivity index (χ2v) is 11.3. The summed E-state index contributed by atoms with van der Waals surface area (Å²) in [5.74, 6) is -0.671. The molecular weight excluding hydrogens is 436 g/mol. The number of nitrogens with one attached hydrogen (secondary N) is 1. The van der Waals surface area contributed by atoms with Gasteiger partial charge in [-0.1, -0.05) is 0 Å². The second kappa shape index (κ2) is 8.93. The Labute approximate surface area is 187 Å². The first-order valence-electron chi connectivity index (χ1n) is 10.3. The summed E-state index contributed by atoms with van der Waals surface area (Å²) in [7, 11) is -3.52. The summed E-state index contributed by atoms with van der Waals surface area (Å²) in [5.41, 5.74) is 0.398. The van der Waals surface area contributed by atoms with E-state index in [2.05, 4.69) is 10.3 Å². The van der Waals surface area contributed by atoms with Gasteiger partial charge in [-0.3, -0.25) is 0 Å². The van der Waals surface area contributed by atoms with Crippen LogP contribution in [0.15, 0.2) is 28.7 Å². The summed E-state index contributed by atoms with van der Waals surface area (Å²) >= 11 is 0.